The summed E-state index contributed by atoms with van der Waals surface area (Å²) >= 11 is 5.91. The van der Waals surface area contributed by atoms with Gasteiger partial charge in [-0.2, -0.15) is 0 Å². The second-order valence-electron chi connectivity index (χ2n) is 4.48. The zero-order valence-corrected chi connectivity index (χ0v) is 10.3. The van der Waals surface area contributed by atoms with Crippen LogP contribution in [0, 0.1) is 5.82 Å². The topological polar surface area (TPSA) is 29.5 Å². The Labute approximate surface area is 105 Å². The average Bonchev–Trinajstić information content (AvgIpc) is 2.30. The summed E-state index contributed by atoms with van der Waals surface area (Å²) < 4.78 is 18.6. The van der Waals surface area contributed by atoms with Gasteiger partial charge in [0.05, 0.1) is 18.8 Å². The maximum Gasteiger partial charge on any atom is 0.124 e. The van der Waals surface area contributed by atoms with Crippen LogP contribution in [0.1, 0.15) is 31.2 Å². The maximum atomic E-state index is 12.8. The highest BCUT2D eigenvalue weighted by molar-refractivity contribution is 6.31. The van der Waals surface area contributed by atoms with Gasteiger partial charge in [0.25, 0.3) is 0 Å². The smallest absolute Gasteiger partial charge is 0.124 e. The molecule has 0 amide bonds. The average molecular weight is 259 g/mol. The molecule has 2 nitrogen and oxygen atoms in total. The number of hydrogen-bond acceptors (Lipinski definition) is 2. The van der Waals surface area contributed by atoms with Crippen molar-refractivity contribution in [2.75, 3.05) is 0 Å². The molecule has 0 bridgehead atoms. The molecule has 1 aliphatic carbocycles. The van der Waals surface area contributed by atoms with E-state index in [0.29, 0.717) is 11.6 Å². The van der Waals surface area contributed by atoms with Crippen LogP contribution >= 0.6 is 11.6 Å². The van der Waals surface area contributed by atoms with Gasteiger partial charge in [-0.25, -0.2) is 4.39 Å². The summed E-state index contributed by atoms with van der Waals surface area (Å²) in [4.78, 5) is 0. The fourth-order valence-corrected chi connectivity index (χ4v) is 2.28. The predicted octanol–water partition coefficient (Wildman–Crippen LogP) is 3.30. The number of halogens is 2. The minimum absolute atomic E-state index is 0.177. The first-order valence-electron chi connectivity index (χ1n) is 5.89. The molecule has 0 unspecified atom stereocenters. The van der Waals surface area contributed by atoms with E-state index >= 15 is 0 Å². The van der Waals surface area contributed by atoms with Crippen LogP contribution in [0.4, 0.5) is 4.39 Å². The van der Waals surface area contributed by atoms with E-state index in [1.807, 2.05) is 0 Å². The molecule has 1 saturated carbocycles. The van der Waals surface area contributed by atoms with Crippen LogP contribution in [-0.4, -0.2) is 17.3 Å². The first-order valence-corrected chi connectivity index (χ1v) is 6.26. The van der Waals surface area contributed by atoms with Gasteiger partial charge in [0, 0.05) is 5.02 Å². The Balaban J connectivity index is 1.85. The van der Waals surface area contributed by atoms with E-state index < -0.39 is 0 Å². The third-order valence-electron chi connectivity index (χ3n) is 3.13. The largest absolute Gasteiger partial charge is 0.393 e. The van der Waals surface area contributed by atoms with Crippen molar-refractivity contribution in [1.29, 1.82) is 0 Å². The zero-order chi connectivity index (χ0) is 12.3. The quantitative estimate of drug-likeness (QED) is 0.901. The molecule has 0 spiro atoms. The summed E-state index contributed by atoms with van der Waals surface area (Å²) in [6.07, 6.45) is 3.34. The molecule has 1 aromatic rings. The first-order chi connectivity index (χ1) is 8.15. The standard InChI is InChI=1S/C13H16ClFO2/c14-13-7-10(15)2-1-9(13)8-17-12-5-3-11(16)4-6-12/h1-2,7,11-12,16H,3-6,8H2. The van der Waals surface area contributed by atoms with E-state index in [4.69, 9.17) is 16.3 Å². The van der Waals surface area contributed by atoms with Gasteiger partial charge in [-0.1, -0.05) is 17.7 Å². The summed E-state index contributed by atoms with van der Waals surface area (Å²) in [7, 11) is 0. The lowest BCUT2D eigenvalue weighted by molar-refractivity contribution is -0.0118. The molecule has 1 N–H and O–H groups in total. The molecule has 4 heteroatoms. The van der Waals surface area contributed by atoms with Crippen molar-refractivity contribution in [1.82, 2.24) is 0 Å². The molecule has 2 rings (SSSR count). The lowest BCUT2D eigenvalue weighted by atomic mass is 9.95. The molecule has 1 fully saturated rings. The van der Waals surface area contributed by atoms with E-state index in [9.17, 15) is 9.50 Å². The molecule has 0 aliphatic heterocycles. The summed E-state index contributed by atoms with van der Waals surface area (Å²) in [6, 6.07) is 4.33. The highest BCUT2D eigenvalue weighted by Gasteiger charge is 2.19. The van der Waals surface area contributed by atoms with E-state index in [1.165, 1.54) is 12.1 Å². The van der Waals surface area contributed by atoms with Gasteiger partial charge in [0.1, 0.15) is 5.82 Å². The van der Waals surface area contributed by atoms with Crippen LogP contribution in [0.3, 0.4) is 0 Å². The number of benzene rings is 1. The van der Waals surface area contributed by atoms with Gasteiger partial charge in [-0.3, -0.25) is 0 Å². The third kappa shape index (κ3) is 3.66. The molecule has 0 saturated heterocycles. The van der Waals surface area contributed by atoms with E-state index in [-0.39, 0.29) is 18.0 Å². The highest BCUT2D eigenvalue weighted by Crippen LogP contribution is 2.24. The van der Waals surface area contributed by atoms with E-state index in [1.54, 1.807) is 6.07 Å². The van der Waals surface area contributed by atoms with Crippen molar-refractivity contribution in [2.45, 2.75) is 44.5 Å². The van der Waals surface area contributed by atoms with Crippen LogP contribution in [0.25, 0.3) is 0 Å². The number of aliphatic hydroxyl groups is 1. The van der Waals surface area contributed by atoms with Crippen LogP contribution in [0.15, 0.2) is 18.2 Å². The highest BCUT2D eigenvalue weighted by atomic mass is 35.5. The van der Waals surface area contributed by atoms with Gasteiger partial charge in [0.15, 0.2) is 0 Å². The van der Waals surface area contributed by atoms with Crippen LogP contribution in [0.2, 0.25) is 5.02 Å². The zero-order valence-electron chi connectivity index (χ0n) is 9.53. The SMILES string of the molecule is OC1CCC(OCc2ccc(F)cc2Cl)CC1. The monoisotopic (exact) mass is 258 g/mol. The Bertz CT molecular complexity index is 376. The number of aliphatic hydroxyl groups excluding tert-OH is 1. The molecule has 0 radical (unpaired) electrons. The van der Waals surface area contributed by atoms with E-state index in [0.717, 1.165) is 31.2 Å². The normalized spacial score (nSPS) is 24.9. The molecule has 0 heterocycles. The van der Waals surface area contributed by atoms with Crippen molar-refractivity contribution < 1.29 is 14.2 Å². The Morgan fingerprint density at radius 3 is 2.65 bits per heavy atom. The molecular weight excluding hydrogens is 243 g/mol. The lowest BCUT2D eigenvalue weighted by Crippen LogP contribution is -2.24. The molecule has 0 atom stereocenters. The third-order valence-corrected chi connectivity index (χ3v) is 3.49. The second-order valence-corrected chi connectivity index (χ2v) is 4.88. The van der Waals surface area contributed by atoms with Crippen molar-refractivity contribution in [3.8, 4) is 0 Å². The fraction of sp³-hybridized carbons (Fsp3) is 0.538. The summed E-state index contributed by atoms with van der Waals surface area (Å²) in [5.74, 6) is -0.334. The molecule has 1 aliphatic rings. The van der Waals surface area contributed by atoms with Crippen molar-refractivity contribution in [3.05, 3.63) is 34.6 Å². The van der Waals surface area contributed by atoms with Crippen molar-refractivity contribution >= 4 is 11.6 Å². The minimum atomic E-state index is -0.334. The minimum Gasteiger partial charge on any atom is -0.393 e. The molecule has 0 aromatic heterocycles. The van der Waals surface area contributed by atoms with Crippen LogP contribution in [0.5, 0.6) is 0 Å². The second kappa shape index (κ2) is 5.80. The maximum absolute atomic E-state index is 12.8. The number of ether oxygens (including phenoxy) is 1. The molecule has 94 valence electrons. The first kappa shape index (κ1) is 12.8. The van der Waals surface area contributed by atoms with Gasteiger partial charge < -0.3 is 9.84 Å². The summed E-state index contributed by atoms with van der Waals surface area (Å²) in [5.41, 5.74) is 0.805. The number of rotatable bonds is 3. The van der Waals surface area contributed by atoms with Crippen LogP contribution < -0.4 is 0 Å². The summed E-state index contributed by atoms with van der Waals surface area (Å²) in [6.45, 7) is 0.403. The Morgan fingerprint density at radius 1 is 1.29 bits per heavy atom. The Kier molecular flexibility index (Phi) is 4.37. The molecule has 17 heavy (non-hydrogen) atoms. The Hall–Kier alpha value is -0.640. The predicted molar refractivity (Wildman–Crippen MR) is 64.5 cm³/mol. The van der Waals surface area contributed by atoms with Crippen molar-refractivity contribution in [2.24, 2.45) is 0 Å². The Morgan fingerprint density at radius 2 is 2.00 bits per heavy atom. The van der Waals surface area contributed by atoms with Crippen LogP contribution in [-0.2, 0) is 11.3 Å². The summed E-state index contributed by atoms with van der Waals surface area (Å²) in [5, 5.41) is 9.77. The number of hydrogen-bond donors (Lipinski definition) is 1. The van der Waals surface area contributed by atoms with Gasteiger partial charge in [-0.15, -0.1) is 0 Å². The van der Waals surface area contributed by atoms with Gasteiger partial charge >= 0.3 is 0 Å². The van der Waals surface area contributed by atoms with E-state index in [2.05, 4.69) is 0 Å². The van der Waals surface area contributed by atoms with Crippen molar-refractivity contribution in [3.63, 3.8) is 0 Å². The fourth-order valence-electron chi connectivity index (χ4n) is 2.06. The molecular formula is C13H16ClFO2. The van der Waals surface area contributed by atoms with Gasteiger partial charge in [0.2, 0.25) is 0 Å². The molecule has 1 aromatic carbocycles. The van der Waals surface area contributed by atoms with Gasteiger partial charge in [-0.05, 0) is 43.4 Å². The lowest BCUT2D eigenvalue weighted by Gasteiger charge is -2.25.